The Morgan fingerprint density at radius 3 is 1.47 bits per heavy atom. The third-order valence-electron chi connectivity index (χ3n) is 6.78. The molecule has 9 heteroatoms. The first kappa shape index (κ1) is 37.5. The van der Waals surface area contributed by atoms with Crippen LogP contribution in [0.3, 0.4) is 0 Å². The number of hydrogen-bond acceptors (Lipinski definition) is 7. The molecule has 4 N–H and O–H groups in total. The number of phosphoric ester groups is 1. The van der Waals surface area contributed by atoms with Crippen molar-refractivity contribution in [3.63, 3.8) is 0 Å². The fraction of sp³-hybridized carbons (Fsp3) is 0.966. The van der Waals surface area contributed by atoms with E-state index in [1.807, 2.05) is 0 Å². The molecule has 0 radical (unpaired) electrons. The van der Waals surface area contributed by atoms with E-state index in [0.717, 1.165) is 19.3 Å². The molecule has 0 aliphatic carbocycles. The molecule has 0 aromatic heterocycles. The number of aliphatic hydroxyl groups is 1. The smallest absolute Gasteiger partial charge is 0.457 e. The van der Waals surface area contributed by atoms with Crippen molar-refractivity contribution in [3.8, 4) is 0 Å². The Bertz CT molecular complexity index is 565. The number of unbranched alkanes of at least 4 members (excludes halogenated alkanes) is 20. The van der Waals surface area contributed by atoms with Crippen LogP contribution in [0.15, 0.2) is 0 Å². The van der Waals surface area contributed by atoms with Crippen LogP contribution in [0.2, 0.25) is 0 Å². The van der Waals surface area contributed by atoms with Gasteiger partial charge in [0.05, 0.1) is 19.8 Å². The number of carbonyl (C=O) groups is 1. The Kier molecular flexibility index (Phi) is 27.7. The van der Waals surface area contributed by atoms with Crippen molar-refractivity contribution in [2.45, 2.75) is 154 Å². The lowest BCUT2D eigenvalue weighted by atomic mass is 10.0. The van der Waals surface area contributed by atoms with Crippen LogP contribution < -0.4 is 5.73 Å². The number of rotatable bonds is 30. The molecular formula is C29H60NO7P. The van der Waals surface area contributed by atoms with Crippen LogP contribution >= 0.6 is 7.82 Å². The van der Waals surface area contributed by atoms with Crippen molar-refractivity contribution in [2.75, 3.05) is 26.4 Å². The van der Waals surface area contributed by atoms with E-state index in [-0.39, 0.29) is 19.6 Å². The van der Waals surface area contributed by atoms with Crippen molar-refractivity contribution in [1.29, 1.82) is 0 Å². The zero-order valence-electron chi connectivity index (χ0n) is 24.4. The van der Waals surface area contributed by atoms with Gasteiger partial charge in [-0.15, -0.1) is 0 Å². The molecule has 0 bridgehead atoms. The Morgan fingerprint density at radius 1 is 0.711 bits per heavy atom. The Hall–Kier alpha value is -0.500. The molecule has 38 heavy (non-hydrogen) atoms. The van der Waals surface area contributed by atoms with Gasteiger partial charge in [0.25, 0.3) is 0 Å². The van der Waals surface area contributed by atoms with Gasteiger partial charge in [-0.1, -0.05) is 135 Å². The first-order valence-electron chi connectivity index (χ1n) is 15.6. The number of phosphoric acid groups is 1. The molecule has 0 aliphatic rings. The SMILES string of the molecule is CCCCCCCCCCCCCCCCCCCCCCCC(=O)O[C@H](CO)COP(=O)(O)OCCN. The van der Waals surface area contributed by atoms with Crippen LogP contribution in [0.5, 0.6) is 0 Å². The molecule has 0 aromatic carbocycles. The first-order chi connectivity index (χ1) is 18.4. The summed E-state index contributed by atoms with van der Waals surface area (Å²) in [6.45, 7) is 1.31. The molecule has 0 fully saturated rings. The minimum atomic E-state index is -4.26. The zero-order valence-corrected chi connectivity index (χ0v) is 25.3. The van der Waals surface area contributed by atoms with Crippen LogP contribution in [0.25, 0.3) is 0 Å². The van der Waals surface area contributed by atoms with Crippen LogP contribution in [-0.4, -0.2) is 48.4 Å². The molecule has 228 valence electrons. The van der Waals surface area contributed by atoms with E-state index in [1.54, 1.807) is 0 Å². The summed E-state index contributed by atoms with van der Waals surface area (Å²) >= 11 is 0. The van der Waals surface area contributed by atoms with Gasteiger partial charge in [-0.2, -0.15) is 0 Å². The third kappa shape index (κ3) is 27.1. The fourth-order valence-corrected chi connectivity index (χ4v) is 5.22. The van der Waals surface area contributed by atoms with Crippen molar-refractivity contribution in [2.24, 2.45) is 5.73 Å². The van der Waals surface area contributed by atoms with E-state index in [0.29, 0.717) is 0 Å². The number of nitrogens with two attached hydrogens (primary N) is 1. The van der Waals surface area contributed by atoms with Crippen molar-refractivity contribution < 1.29 is 33.1 Å². The molecule has 8 nitrogen and oxygen atoms in total. The Balaban J connectivity index is 3.42. The number of carbonyl (C=O) groups excluding carboxylic acids is 1. The minimum Gasteiger partial charge on any atom is -0.457 e. The second-order valence-electron chi connectivity index (χ2n) is 10.5. The van der Waals surface area contributed by atoms with E-state index >= 15 is 0 Å². The molecule has 0 heterocycles. The summed E-state index contributed by atoms with van der Waals surface area (Å²) in [5.41, 5.74) is 5.21. The van der Waals surface area contributed by atoms with Crippen LogP contribution in [0, 0.1) is 0 Å². The quantitative estimate of drug-likeness (QED) is 0.0462. The molecule has 0 saturated heterocycles. The van der Waals surface area contributed by atoms with E-state index in [4.69, 9.17) is 15.0 Å². The number of aliphatic hydroxyl groups excluding tert-OH is 1. The summed E-state index contributed by atoms with van der Waals surface area (Å²) in [4.78, 5) is 21.4. The molecule has 1 unspecified atom stereocenters. The Labute approximate surface area is 233 Å². The third-order valence-corrected chi connectivity index (χ3v) is 7.77. The summed E-state index contributed by atoms with van der Waals surface area (Å²) < 4.78 is 26.0. The molecular weight excluding hydrogens is 505 g/mol. The normalized spacial score (nSPS) is 13.9. The summed E-state index contributed by atoms with van der Waals surface area (Å²) in [5, 5.41) is 9.30. The molecule has 0 amide bonds. The van der Waals surface area contributed by atoms with E-state index < -0.39 is 33.1 Å². The number of esters is 1. The summed E-state index contributed by atoms with van der Waals surface area (Å²) in [6, 6.07) is 0. The zero-order chi connectivity index (χ0) is 28.2. The summed E-state index contributed by atoms with van der Waals surface area (Å²) in [7, 11) is -4.26. The van der Waals surface area contributed by atoms with Crippen molar-refractivity contribution in [3.05, 3.63) is 0 Å². The van der Waals surface area contributed by atoms with Crippen LogP contribution in [0.4, 0.5) is 0 Å². The maximum atomic E-state index is 11.9. The van der Waals surface area contributed by atoms with Crippen molar-refractivity contribution in [1.82, 2.24) is 0 Å². The lowest BCUT2D eigenvalue weighted by Crippen LogP contribution is -2.27. The monoisotopic (exact) mass is 565 g/mol. The largest absolute Gasteiger partial charge is 0.472 e. The van der Waals surface area contributed by atoms with E-state index in [9.17, 15) is 19.4 Å². The highest BCUT2D eigenvalue weighted by molar-refractivity contribution is 7.47. The molecule has 0 aliphatic heterocycles. The van der Waals surface area contributed by atoms with Gasteiger partial charge in [-0.3, -0.25) is 13.8 Å². The highest BCUT2D eigenvalue weighted by atomic mass is 31.2. The summed E-state index contributed by atoms with van der Waals surface area (Å²) in [5.74, 6) is -0.443. The van der Waals surface area contributed by atoms with E-state index in [2.05, 4.69) is 11.4 Å². The van der Waals surface area contributed by atoms with Gasteiger partial charge < -0.3 is 20.5 Å². The van der Waals surface area contributed by atoms with Gasteiger partial charge in [0, 0.05) is 13.0 Å². The van der Waals surface area contributed by atoms with Crippen molar-refractivity contribution >= 4 is 13.8 Å². The average molecular weight is 566 g/mol. The predicted octanol–water partition coefficient (Wildman–Crippen LogP) is 7.58. The number of hydrogen-bond donors (Lipinski definition) is 3. The predicted molar refractivity (Wildman–Crippen MR) is 155 cm³/mol. The maximum absolute atomic E-state index is 11.9. The van der Waals surface area contributed by atoms with Crippen LogP contribution in [0.1, 0.15) is 148 Å². The first-order valence-corrected chi connectivity index (χ1v) is 17.1. The topological polar surface area (TPSA) is 128 Å². The lowest BCUT2D eigenvalue weighted by molar-refractivity contribution is -0.153. The minimum absolute atomic E-state index is 0.0752. The molecule has 0 spiro atoms. The average Bonchev–Trinajstić information content (AvgIpc) is 2.90. The highest BCUT2D eigenvalue weighted by Crippen LogP contribution is 2.43. The van der Waals surface area contributed by atoms with Gasteiger partial charge in [-0.05, 0) is 6.42 Å². The molecule has 0 saturated carbocycles. The van der Waals surface area contributed by atoms with Gasteiger partial charge in [0.15, 0.2) is 0 Å². The van der Waals surface area contributed by atoms with Crippen LogP contribution in [-0.2, 0) is 23.1 Å². The molecule has 2 atom stereocenters. The number of ether oxygens (including phenoxy) is 1. The Morgan fingerprint density at radius 2 is 1.11 bits per heavy atom. The highest BCUT2D eigenvalue weighted by Gasteiger charge is 2.24. The van der Waals surface area contributed by atoms with Gasteiger partial charge in [-0.25, -0.2) is 4.57 Å². The van der Waals surface area contributed by atoms with Gasteiger partial charge in [0.2, 0.25) is 0 Å². The standard InChI is InChI=1S/C29H60NO7P/c1-2-3-4-5-6-7-8-9-10-11-12-13-14-15-16-17-18-19-20-21-22-23-29(32)37-28(26-31)27-36-38(33,34)35-25-24-30/h28,31H,2-27,30H2,1H3,(H,33,34)/t28-/m1/s1. The second kappa shape index (κ2) is 28.0. The maximum Gasteiger partial charge on any atom is 0.472 e. The second-order valence-corrected chi connectivity index (χ2v) is 12.0. The molecule has 0 aromatic rings. The lowest BCUT2D eigenvalue weighted by Gasteiger charge is -2.17. The van der Waals surface area contributed by atoms with E-state index in [1.165, 1.54) is 116 Å². The summed E-state index contributed by atoms with van der Waals surface area (Å²) in [6.07, 6.45) is 26.8. The molecule has 0 rings (SSSR count). The van der Waals surface area contributed by atoms with Gasteiger partial charge >= 0.3 is 13.8 Å². The van der Waals surface area contributed by atoms with Gasteiger partial charge in [0.1, 0.15) is 6.10 Å². The fourth-order valence-electron chi connectivity index (χ4n) is 4.45.